The Balaban J connectivity index is 0.000000257. The topological polar surface area (TPSA) is 78.9 Å². The Kier molecular flexibility index (Phi) is 20.6. The molecule has 0 amide bonds. The minimum atomic E-state index is -1.00. The summed E-state index contributed by atoms with van der Waals surface area (Å²) in [7, 11) is -1.00. The molecule has 2 fully saturated rings. The lowest BCUT2D eigenvalue weighted by Crippen LogP contribution is -2.34. The predicted octanol–water partition coefficient (Wildman–Crippen LogP) is 10.2. The number of benzene rings is 2. The monoisotopic (exact) mass is 972 g/mol. The van der Waals surface area contributed by atoms with Gasteiger partial charge in [-0.05, 0) is 111 Å². The van der Waals surface area contributed by atoms with E-state index in [9.17, 15) is 4.39 Å². The number of nitrogens with one attached hydrogen (secondary N) is 1. The zero-order chi connectivity index (χ0) is 36.6. The average Bonchev–Trinajstić information content (AvgIpc) is 3.71. The van der Waals surface area contributed by atoms with Crippen LogP contribution in [0.25, 0.3) is 33.6 Å². The van der Waals surface area contributed by atoms with E-state index in [1.165, 1.54) is 58.4 Å². The van der Waals surface area contributed by atoms with Crippen molar-refractivity contribution in [3.63, 3.8) is 0 Å². The fourth-order valence-corrected chi connectivity index (χ4v) is 6.92. The third-order valence-electron chi connectivity index (χ3n) is 8.67. The van der Waals surface area contributed by atoms with Gasteiger partial charge >= 0.3 is 0 Å². The Bertz CT molecular complexity index is 1890. The lowest BCUT2D eigenvalue weighted by Gasteiger charge is -2.30. The molecule has 6 heterocycles. The fraction of sp³-hybridized carbons (Fsp3) is 0.474. The maximum absolute atomic E-state index is 9.96. The van der Waals surface area contributed by atoms with Crippen molar-refractivity contribution in [3.05, 3.63) is 77.7 Å². The van der Waals surface area contributed by atoms with E-state index in [1.807, 2.05) is 59.1 Å². The first-order valence-electron chi connectivity index (χ1n) is 18.0. The van der Waals surface area contributed by atoms with E-state index in [2.05, 4.69) is 121 Å². The van der Waals surface area contributed by atoms with Crippen molar-refractivity contribution < 1.29 is 5.76 Å². The molecule has 52 heavy (non-hydrogen) atoms. The Morgan fingerprint density at radius 1 is 0.750 bits per heavy atom. The van der Waals surface area contributed by atoms with Crippen molar-refractivity contribution >= 4 is 104 Å². The molecule has 9 nitrogen and oxygen atoms in total. The van der Waals surface area contributed by atoms with Gasteiger partial charge in [-0.25, -0.2) is 15.0 Å². The van der Waals surface area contributed by atoms with Crippen LogP contribution in [-0.2, 0) is 0 Å². The zero-order valence-corrected chi connectivity index (χ0v) is 36.0. The van der Waals surface area contributed by atoms with Crippen LogP contribution in [-0.4, -0.2) is 96.3 Å². The third kappa shape index (κ3) is 13.0. The molecule has 4 aromatic heterocycles. The highest BCUT2D eigenvalue weighted by Crippen LogP contribution is 2.24. The number of aromatic nitrogens is 6. The van der Waals surface area contributed by atoms with Crippen LogP contribution in [0.2, 0.25) is 0 Å². The van der Waals surface area contributed by atoms with Crippen LogP contribution >= 0.6 is 64.8 Å². The first-order valence-corrected chi connectivity index (χ1v) is 19.9. The van der Waals surface area contributed by atoms with Gasteiger partial charge in [-0.2, -0.15) is 4.98 Å². The molecular formula is C38H54Br4FN9. The number of imidazole rings is 2. The van der Waals surface area contributed by atoms with Gasteiger partial charge in [0.2, 0.25) is 11.6 Å². The van der Waals surface area contributed by atoms with E-state index in [4.69, 9.17) is 6.35 Å². The fourth-order valence-electron chi connectivity index (χ4n) is 5.78. The van der Waals surface area contributed by atoms with Crippen molar-refractivity contribution in [2.45, 2.75) is 63.5 Å². The Hall–Kier alpha value is -2.23. The highest BCUT2D eigenvalue weighted by Gasteiger charge is 2.18. The summed E-state index contributed by atoms with van der Waals surface area (Å²) in [5, 5.41) is 3.29. The number of anilines is 1. The quantitative estimate of drug-likeness (QED) is 0.139. The summed E-state index contributed by atoms with van der Waals surface area (Å²) in [6.45, 7) is 14.6. The molecule has 0 atom stereocenters. The van der Waals surface area contributed by atoms with Gasteiger partial charge < -0.3 is 15.1 Å². The molecule has 2 saturated heterocycles. The number of para-hydroxylation sites is 4. The lowest BCUT2D eigenvalue weighted by molar-refractivity contribution is 0.321. The molecule has 6 aromatic rings. The minimum Gasteiger partial charge on any atom is -0.356 e. The summed E-state index contributed by atoms with van der Waals surface area (Å²) in [6.07, 6.45) is 8.96. The second-order valence-electron chi connectivity index (χ2n) is 11.8. The lowest BCUT2D eigenvalue weighted by atomic mass is 10.1. The first-order chi connectivity index (χ1) is 24.8. The molecule has 0 radical (unpaired) electrons. The van der Waals surface area contributed by atoms with E-state index >= 15 is 0 Å². The molecule has 2 aliphatic rings. The van der Waals surface area contributed by atoms with Gasteiger partial charge in [0.25, 0.3) is 0 Å². The van der Waals surface area contributed by atoms with E-state index in [-0.39, 0.29) is 24.4 Å². The van der Waals surface area contributed by atoms with Crippen molar-refractivity contribution in [2.75, 3.05) is 57.9 Å². The largest absolute Gasteiger partial charge is 0.356 e. The molecule has 14 heteroatoms. The van der Waals surface area contributed by atoms with E-state index in [0.717, 1.165) is 62.0 Å². The number of alkyl halides is 3. The number of halogens is 5. The van der Waals surface area contributed by atoms with Crippen LogP contribution in [0.15, 0.2) is 77.7 Å². The number of piperidine rings is 2. The molecule has 0 saturated carbocycles. The number of fused-ring (bicyclic) bond motifs is 6. The predicted molar refractivity (Wildman–Crippen MR) is 235 cm³/mol. The molecule has 8 rings (SSSR count). The van der Waals surface area contributed by atoms with Crippen LogP contribution in [0.3, 0.4) is 0 Å². The SMILES string of the molecule is Br.BrC1CCN(c2ccn3c(n2)nc2ccccc23)CC1.BrC1CCNCC1.Brc1ccn2c(n1)nc1ccccc12.C.CCN(CC)CC.[2H]CF. The van der Waals surface area contributed by atoms with Crippen LogP contribution in [0.4, 0.5) is 10.2 Å². The van der Waals surface area contributed by atoms with E-state index in [0.29, 0.717) is 4.83 Å². The van der Waals surface area contributed by atoms with Crippen molar-refractivity contribution in [3.8, 4) is 0 Å². The highest BCUT2D eigenvalue weighted by atomic mass is 79.9. The summed E-state index contributed by atoms with van der Waals surface area (Å²) >= 11 is 10.6. The van der Waals surface area contributed by atoms with Gasteiger partial charge in [0.15, 0.2) is 0 Å². The summed E-state index contributed by atoms with van der Waals surface area (Å²) in [5.74, 6) is 2.54. The van der Waals surface area contributed by atoms with Gasteiger partial charge in [0, 0.05) is 35.1 Å². The number of hydrogen-bond acceptors (Lipinski definition) is 7. The van der Waals surface area contributed by atoms with Crippen LogP contribution in [0.1, 0.15) is 55.3 Å². The maximum Gasteiger partial charge on any atom is 0.236 e. The molecule has 286 valence electrons. The van der Waals surface area contributed by atoms with Gasteiger partial charge in [-0.15, -0.1) is 17.0 Å². The summed E-state index contributed by atoms with van der Waals surface area (Å²) < 4.78 is 20.3. The maximum atomic E-state index is 9.96. The summed E-state index contributed by atoms with van der Waals surface area (Å²) in [4.78, 5) is 24.2. The van der Waals surface area contributed by atoms with Crippen molar-refractivity contribution in [2.24, 2.45) is 0 Å². The molecule has 0 aliphatic carbocycles. The Labute approximate surface area is 345 Å². The third-order valence-corrected chi connectivity index (χ3v) is 10.9. The van der Waals surface area contributed by atoms with Crippen LogP contribution in [0.5, 0.6) is 0 Å². The standard InChI is InChI=1S/C15H15BrN4.C10H6BrN3.C6H15N.C5H10BrN.CH3F.CH4.BrH/c16-11-5-8-19(9-6-11)14-7-10-20-13-4-2-1-3-12(13)17-15(20)18-14;11-9-5-6-14-8-4-2-1-3-7(8)12-10(14)13-9;1-4-7(5-2)6-3;6-5-1-3-7-4-2-5;1-2;;/h1-4,7,10-11H,5-6,8-9H2;1-6H;4-6H2,1-3H3;5,7H,1-4H2;1H3;1H4;1H/i;;;;1D;;. The highest BCUT2D eigenvalue weighted by molar-refractivity contribution is 9.10. The molecule has 0 bridgehead atoms. The second-order valence-corrected chi connectivity index (χ2v) is 15.2. The first kappa shape index (κ1) is 44.2. The van der Waals surface area contributed by atoms with Crippen LogP contribution < -0.4 is 10.2 Å². The number of rotatable bonds is 4. The summed E-state index contributed by atoms with van der Waals surface area (Å²) in [6, 6.07) is 20.1. The normalized spacial score (nSPS) is 14.8. The second kappa shape index (κ2) is 24.2. The zero-order valence-electron chi connectivity index (χ0n) is 30.6. The van der Waals surface area contributed by atoms with Gasteiger partial charge in [-0.1, -0.05) is 84.3 Å². The molecule has 2 aliphatic heterocycles. The van der Waals surface area contributed by atoms with E-state index < -0.39 is 7.15 Å². The van der Waals surface area contributed by atoms with Crippen LogP contribution in [0, 0.1) is 0 Å². The smallest absolute Gasteiger partial charge is 0.236 e. The molecule has 0 unspecified atom stereocenters. The Morgan fingerprint density at radius 3 is 1.67 bits per heavy atom. The minimum absolute atomic E-state index is 0. The summed E-state index contributed by atoms with van der Waals surface area (Å²) in [5.41, 5.74) is 4.16. The molecule has 0 spiro atoms. The number of hydrogen-bond donors (Lipinski definition) is 1. The Morgan fingerprint density at radius 2 is 1.21 bits per heavy atom. The van der Waals surface area contributed by atoms with Crippen molar-refractivity contribution in [1.29, 1.82) is 0 Å². The molecular weight excluding hydrogens is 921 g/mol. The van der Waals surface area contributed by atoms with Crippen molar-refractivity contribution in [1.82, 2.24) is 39.0 Å². The average molecular weight is 977 g/mol. The van der Waals surface area contributed by atoms with Gasteiger partial charge in [0.1, 0.15) is 10.4 Å². The molecule has 1 N–H and O–H groups in total. The van der Waals surface area contributed by atoms with Gasteiger partial charge in [-0.3, -0.25) is 13.2 Å². The van der Waals surface area contributed by atoms with E-state index in [1.54, 1.807) is 0 Å². The van der Waals surface area contributed by atoms with Gasteiger partial charge in [0.05, 0.1) is 30.6 Å². The molecule has 2 aromatic carbocycles. The number of nitrogens with zero attached hydrogens (tertiary/aromatic N) is 8.